The van der Waals surface area contributed by atoms with Crippen LogP contribution in [0.1, 0.15) is 103 Å². The maximum Gasteiger partial charge on any atom is 0.312 e. The molecule has 0 fully saturated rings. The number of aliphatic hydroxyl groups is 1. The molecule has 0 radical (unpaired) electrons. The molecule has 0 amide bonds. The fraction of sp³-hybridized carbons (Fsp3) is 0.840. The average Bonchev–Trinajstić information content (AvgIpc) is 2.67. The Morgan fingerprint density at radius 1 is 0.903 bits per heavy atom. The number of carbonyl (C=O) groups excluding carboxylic acids is 2. The number of carboxylic acids is 1. The number of quaternary nitrogens is 1. The third-order valence-corrected chi connectivity index (χ3v) is 5.43. The minimum Gasteiger partial charge on any atom is -0.550 e. The Labute approximate surface area is 190 Å². The van der Waals surface area contributed by atoms with Gasteiger partial charge in [-0.05, 0) is 38.5 Å². The molecule has 0 aliphatic heterocycles. The lowest BCUT2D eigenvalue weighted by atomic mass is 10.1. The summed E-state index contributed by atoms with van der Waals surface area (Å²) in [5.74, 6) is -1.65. The highest BCUT2D eigenvalue weighted by Gasteiger charge is 2.28. The highest BCUT2D eigenvalue weighted by atomic mass is 16.6. The van der Waals surface area contributed by atoms with Gasteiger partial charge in [0.15, 0.2) is 0 Å². The number of allylic oxidation sites excluding steroid dienone is 2. The lowest BCUT2D eigenvalue weighted by molar-refractivity contribution is -0.917. The van der Waals surface area contributed by atoms with Gasteiger partial charge >= 0.3 is 5.97 Å². The zero-order chi connectivity index (χ0) is 23.5. The van der Waals surface area contributed by atoms with Crippen molar-refractivity contribution in [1.29, 1.82) is 0 Å². The van der Waals surface area contributed by atoms with E-state index in [0.717, 1.165) is 25.7 Å². The summed E-state index contributed by atoms with van der Waals surface area (Å²) in [6.45, 7) is 2.24. The Bertz CT molecular complexity index is 499. The van der Waals surface area contributed by atoms with E-state index in [1.807, 2.05) is 21.1 Å². The van der Waals surface area contributed by atoms with Gasteiger partial charge in [0, 0.05) is 12.4 Å². The van der Waals surface area contributed by atoms with Gasteiger partial charge < -0.3 is 19.7 Å². The molecule has 0 aliphatic rings. The molecule has 0 aromatic heterocycles. The van der Waals surface area contributed by atoms with Crippen LogP contribution in [0.25, 0.3) is 0 Å². The molecule has 0 spiro atoms. The number of ether oxygens (including phenoxy) is 1. The monoisotopic (exact) mass is 441 g/mol. The number of aliphatic hydroxyl groups excluding tert-OH is 1. The number of unbranched alkanes of at least 4 members (excludes halogenated alkanes) is 9. The summed E-state index contributed by atoms with van der Waals surface area (Å²) >= 11 is 0. The number of carboxylic acid groups (broad SMARTS) is 1. The van der Waals surface area contributed by atoms with Gasteiger partial charge in [-0.1, -0.05) is 64.0 Å². The summed E-state index contributed by atoms with van der Waals surface area (Å²) in [7, 11) is 5.52. The molecule has 2 atom stereocenters. The number of rotatable bonds is 20. The van der Waals surface area contributed by atoms with Gasteiger partial charge in [0.05, 0.1) is 33.7 Å². The zero-order valence-electron chi connectivity index (χ0n) is 20.4. The molecule has 6 nitrogen and oxygen atoms in total. The van der Waals surface area contributed by atoms with E-state index in [4.69, 9.17) is 4.74 Å². The van der Waals surface area contributed by atoms with Crippen LogP contribution in [0.4, 0.5) is 0 Å². The van der Waals surface area contributed by atoms with E-state index in [1.165, 1.54) is 44.9 Å². The van der Waals surface area contributed by atoms with Crippen LogP contribution in [0.5, 0.6) is 0 Å². The molecule has 0 saturated heterocycles. The first-order chi connectivity index (χ1) is 14.7. The summed E-state index contributed by atoms with van der Waals surface area (Å²) in [5.41, 5.74) is 0. The van der Waals surface area contributed by atoms with Gasteiger partial charge in [-0.25, -0.2) is 0 Å². The van der Waals surface area contributed by atoms with Gasteiger partial charge in [-0.2, -0.15) is 0 Å². The van der Waals surface area contributed by atoms with Crippen LogP contribution in [0, 0.1) is 0 Å². The summed E-state index contributed by atoms with van der Waals surface area (Å²) in [4.78, 5) is 22.8. The van der Waals surface area contributed by atoms with Crippen LogP contribution >= 0.6 is 0 Å². The quantitative estimate of drug-likeness (QED) is 0.101. The number of hydrogen-bond acceptors (Lipinski definition) is 5. The molecule has 31 heavy (non-hydrogen) atoms. The first-order valence-corrected chi connectivity index (χ1v) is 12.2. The minimum absolute atomic E-state index is 0.0556. The van der Waals surface area contributed by atoms with E-state index >= 15 is 0 Å². The van der Waals surface area contributed by atoms with Crippen LogP contribution < -0.4 is 5.11 Å². The molecule has 1 N–H and O–H groups in total. The highest BCUT2D eigenvalue weighted by molar-refractivity contribution is 5.70. The van der Waals surface area contributed by atoms with Crippen molar-refractivity contribution in [3.63, 3.8) is 0 Å². The average molecular weight is 442 g/mol. The van der Waals surface area contributed by atoms with Gasteiger partial charge in [0.2, 0.25) is 6.23 Å². The molecule has 0 heterocycles. The van der Waals surface area contributed by atoms with Crippen molar-refractivity contribution < 1.29 is 29.0 Å². The summed E-state index contributed by atoms with van der Waals surface area (Å²) in [6, 6.07) is 0. The number of nitrogens with zero attached hydrogens (tertiary/aromatic N) is 1. The molecular weight excluding hydrogens is 394 g/mol. The maximum atomic E-state index is 12.1. The zero-order valence-corrected chi connectivity index (χ0v) is 20.4. The molecule has 182 valence electrons. The number of hydrogen-bond donors (Lipinski definition) is 1. The predicted molar refractivity (Wildman–Crippen MR) is 123 cm³/mol. The Morgan fingerprint density at radius 3 is 2.00 bits per heavy atom. The van der Waals surface area contributed by atoms with Crippen LogP contribution in [0.3, 0.4) is 0 Å². The molecule has 0 rings (SSSR count). The van der Waals surface area contributed by atoms with Crippen molar-refractivity contribution in [2.45, 2.75) is 116 Å². The van der Waals surface area contributed by atoms with E-state index < -0.39 is 24.3 Å². The SMILES string of the molecule is CCCCCCCC/C=C\CCCCCC(O)CC(=O)O[C@@H](CCC(=O)[O-])[N+](C)(C)C. The molecule has 1 unspecified atom stereocenters. The van der Waals surface area contributed by atoms with E-state index in [2.05, 4.69) is 19.1 Å². The molecule has 0 bridgehead atoms. The molecule has 6 heteroatoms. The van der Waals surface area contributed by atoms with Crippen molar-refractivity contribution in [3.8, 4) is 0 Å². The Kier molecular flexibility index (Phi) is 17.4. The normalized spacial score (nSPS) is 14.0. The van der Waals surface area contributed by atoms with Gasteiger partial charge in [0.25, 0.3) is 0 Å². The molecule has 0 saturated carbocycles. The van der Waals surface area contributed by atoms with E-state index in [1.54, 1.807) is 0 Å². The van der Waals surface area contributed by atoms with Crippen molar-refractivity contribution in [1.82, 2.24) is 0 Å². The maximum absolute atomic E-state index is 12.1. The molecule has 0 aromatic carbocycles. The lowest BCUT2D eigenvalue weighted by Crippen LogP contribution is -2.48. The second-order valence-corrected chi connectivity index (χ2v) is 9.50. The lowest BCUT2D eigenvalue weighted by Gasteiger charge is -2.33. The van der Waals surface area contributed by atoms with E-state index in [0.29, 0.717) is 10.9 Å². The van der Waals surface area contributed by atoms with Crippen molar-refractivity contribution in [3.05, 3.63) is 12.2 Å². The predicted octanol–water partition coefficient (Wildman–Crippen LogP) is 4.10. The first-order valence-electron chi connectivity index (χ1n) is 12.2. The van der Waals surface area contributed by atoms with Crippen molar-refractivity contribution in [2.24, 2.45) is 0 Å². The van der Waals surface area contributed by atoms with Crippen molar-refractivity contribution in [2.75, 3.05) is 21.1 Å². The Morgan fingerprint density at radius 2 is 1.45 bits per heavy atom. The second-order valence-electron chi connectivity index (χ2n) is 9.50. The molecular formula is C25H47NO5. The highest BCUT2D eigenvalue weighted by Crippen LogP contribution is 2.15. The van der Waals surface area contributed by atoms with Gasteiger partial charge in [-0.3, -0.25) is 9.28 Å². The van der Waals surface area contributed by atoms with Gasteiger partial charge in [-0.15, -0.1) is 0 Å². The third-order valence-electron chi connectivity index (χ3n) is 5.43. The Balaban J connectivity index is 3.83. The molecule has 0 aliphatic carbocycles. The van der Waals surface area contributed by atoms with Crippen LogP contribution in [0.2, 0.25) is 0 Å². The summed E-state index contributed by atoms with van der Waals surface area (Å²) in [6.07, 6.45) is 17.0. The minimum atomic E-state index is -1.16. The molecule has 0 aromatic rings. The number of aliphatic carboxylic acids is 1. The summed E-state index contributed by atoms with van der Waals surface area (Å²) in [5, 5.41) is 20.8. The second kappa shape index (κ2) is 18.2. The van der Waals surface area contributed by atoms with Crippen LogP contribution in [0.15, 0.2) is 12.2 Å². The standard InChI is InChI=1S/C25H47NO5/c1-5-6-7-8-9-10-11-12-13-14-15-16-17-18-22(27)21-25(30)31-23(26(2,3)4)19-20-24(28)29/h12-13,22-23,27H,5-11,14-21H2,1-4H3/b13-12-/t22?,23-/m0/s1. The smallest absolute Gasteiger partial charge is 0.312 e. The number of carbonyl (C=O) groups is 2. The fourth-order valence-electron chi connectivity index (χ4n) is 3.44. The third kappa shape index (κ3) is 19.0. The summed E-state index contributed by atoms with van der Waals surface area (Å²) < 4.78 is 5.73. The van der Waals surface area contributed by atoms with Crippen molar-refractivity contribution >= 4 is 11.9 Å². The van der Waals surface area contributed by atoms with E-state index in [-0.39, 0.29) is 19.3 Å². The van der Waals surface area contributed by atoms with Crippen LogP contribution in [-0.4, -0.2) is 55.0 Å². The first kappa shape index (κ1) is 29.6. The number of esters is 1. The largest absolute Gasteiger partial charge is 0.550 e. The van der Waals surface area contributed by atoms with Crippen LogP contribution in [-0.2, 0) is 14.3 Å². The van der Waals surface area contributed by atoms with Gasteiger partial charge in [0.1, 0.15) is 0 Å². The topological polar surface area (TPSA) is 86.7 Å². The fourth-order valence-corrected chi connectivity index (χ4v) is 3.44. The van der Waals surface area contributed by atoms with E-state index in [9.17, 15) is 19.8 Å². The Hall–Kier alpha value is -1.40.